The van der Waals surface area contributed by atoms with Gasteiger partial charge < -0.3 is 9.64 Å². The lowest BCUT2D eigenvalue weighted by atomic mass is 10.3. The van der Waals surface area contributed by atoms with Gasteiger partial charge in [0.05, 0.1) is 6.61 Å². The molecule has 0 saturated carbocycles. The van der Waals surface area contributed by atoms with E-state index in [1.165, 1.54) is 0 Å². The minimum Gasteiger partial charge on any atom is -0.360 e. The zero-order chi connectivity index (χ0) is 7.40. The van der Waals surface area contributed by atoms with E-state index in [1.807, 2.05) is 14.1 Å². The predicted octanol–water partition coefficient (Wildman–Crippen LogP) is -0.101. The van der Waals surface area contributed by atoms with E-state index in [-0.39, 0.29) is 6.23 Å². The van der Waals surface area contributed by atoms with Crippen LogP contribution in [0.3, 0.4) is 0 Å². The SMILES string of the molecule is CN(C)CC1[N]CCCO1. The number of hydrogen-bond acceptors (Lipinski definition) is 2. The van der Waals surface area contributed by atoms with Crippen molar-refractivity contribution in [3.05, 3.63) is 0 Å². The van der Waals surface area contributed by atoms with Crippen LogP contribution < -0.4 is 5.32 Å². The van der Waals surface area contributed by atoms with Crippen molar-refractivity contribution in [2.45, 2.75) is 12.6 Å². The molecule has 1 atom stereocenters. The summed E-state index contributed by atoms with van der Waals surface area (Å²) in [5, 5.41) is 4.31. The molecule has 3 nitrogen and oxygen atoms in total. The molecule has 1 rings (SSSR count). The highest BCUT2D eigenvalue weighted by molar-refractivity contribution is 4.62. The predicted molar refractivity (Wildman–Crippen MR) is 39.9 cm³/mol. The molecule has 0 N–H and O–H groups in total. The number of ether oxygens (including phenoxy) is 1. The summed E-state index contributed by atoms with van der Waals surface area (Å²) in [6, 6.07) is 0. The van der Waals surface area contributed by atoms with Crippen molar-refractivity contribution in [1.29, 1.82) is 0 Å². The molecule has 0 spiro atoms. The molecule has 0 bridgehead atoms. The van der Waals surface area contributed by atoms with Crippen molar-refractivity contribution < 1.29 is 4.74 Å². The van der Waals surface area contributed by atoms with Gasteiger partial charge in [-0.3, -0.25) is 0 Å². The second-order valence-electron chi connectivity index (χ2n) is 2.85. The minimum absolute atomic E-state index is 0.128. The topological polar surface area (TPSA) is 26.6 Å². The van der Waals surface area contributed by atoms with Crippen LogP contribution in [0.15, 0.2) is 0 Å². The van der Waals surface area contributed by atoms with Crippen molar-refractivity contribution in [2.75, 3.05) is 33.8 Å². The first-order chi connectivity index (χ1) is 4.79. The van der Waals surface area contributed by atoms with E-state index in [1.54, 1.807) is 0 Å². The highest BCUT2D eigenvalue weighted by atomic mass is 16.5. The van der Waals surface area contributed by atoms with E-state index in [4.69, 9.17) is 4.74 Å². The van der Waals surface area contributed by atoms with Crippen LogP contribution in [0.25, 0.3) is 0 Å². The van der Waals surface area contributed by atoms with Crippen LogP contribution in [-0.4, -0.2) is 44.9 Å². The number of hydrogen-bond donors (Lipinski definition) is 0. The molecule has 3 heteroatoms. The summed E-state index contributed by atoms with van der Waals surface area (Å²) in [6.07, 6.45) is 1.22. The molecule has 59 valence electrons. The maximum absolute atomic E-state index is 5.38. The Hall–Kier alpha value is -0.120. The molecular weight excluding hydrogens is 128 g/mol. The molecule has 1 fully saturated rings. The van der Waals surface area contributed by atoms with Gasteiger partial charge in [-0.2, -0.15) is 0 Å². The van der Waals surface area contributed by atoms with E-state index in [0.29, 0.717) is 0 Å². The van der Waals surface area contributed by atoms with Crippen LogP contribution in [0.2, 0.25) is 0 Å². The Bertz CT molecular complexity index is 89.6. The average molecular weight is 143 g/mol. The minimum atomic E-state index is 0.128. The van der Waals surface area contributed by atoms with Crippen LogP contribution in [0.5, 0.6) is 0 Å². The van der Waals surface area contributed by atoms with E-state index >= 15 is 0 Å². The zero-order valence-corrected chi connectivity index (χ0v) is 6.71. The standard InChI is InChI=1S/C7H15N2O/c1-9(2)6-7-8-4-3-5-10-7/h7H,3-6H2,1-2H3. The van der Waals surface area contributed by atoms with Gasteiger partial charge in [-0.05, 0) is 20.5 Å². The highest BCUT2D eigenvalue weighted by Crippen LogP contribution is 1.99. The van der Waals surface area contributed by atoms with Gasteiger partial charge in [0.25, 0.3) is 0 Å². The van der Waals surface area contributed by atoms with Crippen molar-refractivity contribution in [2.24, 2.45) is 0 Å². The Morgan fingerprint density at radius 3 is 2.90 bits per heavy atom. The van der Waals surface area contributed by atoms with Crippen LogP contribution in [0, 0.1) is 0 Å². The quantitative estimate of drug-likeness (QED) is 0.539. The van der Waals surface area contributed by atoms with Crippen molar-refractivity contribution in [3.63, 3.8) is 0 Å². The summed E-state index contributed by atoms with van der Waals surface area (Å²) >= 11 is 0. The van der Waals surface area contributed by atoms with E-state index in [2.05, 4.69) is 10.2 Å². The summed E-state index contributed by atoms with van der Waals surface area (Å²) in [7, 11) is 4.07. The molecule has 0 amide bonds. The summed E-state index contributed by atoms with van der Waals surface area (Å²) in [6.45, 7) is 2.76. The van der Waals surface area contributed by atoms with E-state index in [0.717, 1.165) is 26.1 Å². The Morgan fingerprint density at radius 1 is 1.60 bits per heavy atom. The molecule has 1 unspecified atom stereocenters. The third-order valence-electron chi connectivity index (χ3n) is 1.47. The second kappa shape index (κ2) is 3.91. The van der Waals surface area contributed by atoms with Gasteiger partial charge >= 0.3 is 0 Å². The van der Waals surface area contributed by atoms with Gasteiger partial charge in [0.15, 0.2) is 0 Å². The number of nitrogens with zero attached hydrogens (tertiary/aromatic N) is 2. The molecule has 10 heavy (non-hydrogen) atoms. The van der Waals surface area contributed by atoms with E-state index < -0.39 is 0 Å². The number of likely N-dealkylation sites (N-methyl/N-ethyl adjacent to an activating group) is 1. The first kappa shape index (κ1) is 7.98. The Balaban J connectivity index is 2.13. The van der Waals surface area contributed by atoms with Crippen molar-refractivity contribution >= 4 is 0 Å². The molecule has 1 heterocycles. The monoisotopic (exact) mass is 143 g/mol. The molecule has 1 aliphatic rings. The van der Waals surface area contributed by atoms with Crippen LogP contribution >= 0.6 is 0 Å². The Morgan fingerprint density at radius 2 is 2.40 bits per heavy atom. The van der Waals surface area contributed by atoms with Gasteiger partial charge in [0.2, 0.25) is 0 Å². The van der Waals surface area contributed by atoms with Gasteiger partial charge in [-0.15, -0.1) is 0 Å². The smallest absolute Gasteiger partial charge is 0.135 e. The number of rotatable bonds is 2. The summed E-state index contributed by atoms with van der Waals surface area (Å²) in [5.74, 6) is 0. The molecule has 0 aromatic rings. The fourth-order valence-electron chi connectivity index (χ4n) is 0.995. The lowest BCUT2D eigenvalue weighted by molar-refractivity contribution is -0.0152. The molecule has 0 aliphatic carbocycles. The molecule has 1 saturated heterocycles. The molecule has 1 radical (unpaired) electrons. The van der Waals surface area contributed by atoms with Gasteiger partial charge in [0.1, 0.15) is 6.23 Å². The van der Waals surface area contributed by atoms with Gasteiger partial charge in [-0.1, -0.05) is 0 Å². The summed E-state index contributed by atoms with van der Waals surface area (Å²) in [5.41, 5.74) is 0. The van der Waals surface area contributed by atoms with Gasteiger partial charge in [-0.25, -0.2) is 5.32 Å². The lowest BCUT2D eigenvalue weighted by Crippen LogP contribution is -2.40. The third kappa shape index (κ3) is 2.64. The normalized spacial score (nSPS) is 27.3. The first-order valence-corrected chi connectivity index (χ1v) is 3.72. The highest BCUT2D eigenvalue weighted by Gasteiger charge is 2.13. The molecule has 0 aromatic carbocycles. The fraction of sp³-hybridized carbons (Fsp3) is 1.00. The summed E-state index contributed by atoms with van der Waals surface area (Å²) in [4.78, 5) is 2.10. The first-order valence-electron chi connectivity index (χ1n) is 3.72. The maximum atomic E-state index is 5.38. The molecule has 1 aliphatic heterocycles. The molecule has 0 aromatic heterocycles. The largest absolute Gasteiger partial charge is 0.360 e. The third-order valence-corrected chi connectivity index (χ3v) is 1.47. The van der Waals surface area contributed by atoms with Crippen molar-refractivity contribution in [1.82, 2.24) is 10.2 Å². The fourth-order valence-corrected chi connectivity index (χ4v) is 0.995. The van der Waals surface area contributed by atoms with Crippen molar-refractivity contribution in [3.8, 4) is 0 Å². The summed E-state index contributed by atoms with van der Waals surface area (Å²) < 4.78 is 5.38. The Kier molecular flexibility index (Phi) is 3.12. The zero-order valence-electron chi connectivity index (χ0n) is 6.71. The van der Waals surface area contributed by atoms with E-state index in [9.17, 15) is 0 Å². The molecular formula is C7H15N2O. The average Bonchev–Trinajstić information content (AvgIpc) is 1.88. The lowest BCUT2D eigenvalue weighted by Gasteiger charge is -2.24. The maximum Gasteiger partial charge on any atom is 0.135 e. The van der Waals surface area contributed by atoms with Crippen LogP contribution in [0.4, 0.5) is 0 Å². The Labute approximate surface area is 62.3 Å². The van der Waals surface area contributed by atoms with Gasteiger partial charge in [0, 0.05) is 13.1 Å². The second-order valence-corrected chi connectivity index (χ2v) is 2.85. The van der Waals surface area contributed by atoms with Crippen LogP contribution in [-0.2, 0) is 4.74 Å². The van der Waals surface area contributed by atoms with Crippen LogP contribution in [0.1, 0.15) is 6.42 Å².